The second kappa shape index (κ2) is 9.25. The molecular weight excluding hydrogens is 488 g/mol. The summed E-state index contributed by atoms with van der Waals surface area (Å²) in [7, 11) is -4.12. The van der Waals surface area contributed by atoms with Crippen molar-refractivity contribution in [2.24, 2.45) is 5.41 Å². The number of halogens is 1. The van der Waals surface area contributed by atoms with Gasteiger partial charge in [-0.3, -0.25) is 10.0 Å². The van der Waals surface area contributed by atoms with Crippen LogP contribution in [0.5, 0.6) is 5.75 Å². The van der Waals surface area contributed by atoms with Gasteiger partial charge in [0.05, 0.1) is 11.0 Å². The van der Waals surface area contributed by atoms with E-state index in [4.69, 9.17) is 9.94 Å². The SMILES string of the molecule is CC1(C)CC(O)CN(S(=O)(=O)c2ccc(OCc3ccccc3Br)cc2)C1C(=O)NO. The minimum Gasteiger partial charge on any atom is -0.489 e. The molecule has 0 spiro atoms. The fourth-order valence-electron chi connectivity index (χ4n) is 3.89. The molecule has 2 atom stereocenters. The Morgan fingerprint density at radius 2 is 1.87 bits per heavy atom. The van der Waals surface area contributed by atoms with Crippen LogP contribution in [-0.2, 0) is 21.4 Å². The molecule has 1 heterocycles. The van der Waals surface area contributed by atoms with Crippen molar-refractivity contribution >= 4 is 31.9 Å². The number of nitrogens with one attached hydrogen (secondary N) is 1. The van der Waals surface area contributed by atoms with Gasteiger partial charge < -0.3 is 9.84 Å². The fourth-order valence-corrected chi connectivity index (χ4v) is 6.07. The summed E-state index contributed by atoms with van der Waals surface area (Å²) in [4.78, 5) is 12.3. The van der Waals surface area contributed by atoms with E-state index in [2.05, 4.69) is 15.9 Å². The van der Waals surface area contributed by atoms with Crippen LogP contribution in [0.15, 0.2) is 57.9 Å². The third kappa shape index (κ3) is 5.09. The number of nitrogens with zero attached hydrogens (tertiary/aromatic N) is 1. The summed E-state index contributed by atoms with van der Waals surface area (Å²) < 4.78 is 34.2. The first kappa shape index (κ1) is 23.7. The molecule has 2 aromatic rings. The van der Waals surface area contributed by atoms with E-state index >= 15 is 0 Å². The molecule has 168 valence electrons. The topological polar surface area (TPSA) is 116 Å². The fraction of sp³-hybridized carbons (Fsp3) is 0.381. The van der Waals surface area contributed by atoms with E-state index in [1.54, 1.807) is 19.3 Å². The number of hydrogen-bond acceptors (Lipinski definition) is 6. The predicted molar refractivity (Wildman–Crippen MR) is 117 cm³/mol. The molecule has 1 aliphatic heterocycles. The number of hydrogen-bond donors (Lipinski definition) is 3. The number of piperidine rings is 1. The van der Waals surface area contributed by atoms with Gasteiger partial charge in [-0.2, -0.15) is 4.31 Å². The van der Waals surface area contributed by atoms with Gasteiger partial charge in [0, 0.05) is 16.6 Å². The van der Waals surface area contributed by atoms with Crippen LogP contribution in [0.1, 0.15) is 25.8 Å². The highest BCUT2D eigenvalue weighted by molar-refractivity contribution is 9.10. The molecule has 31 heavy (non-hydrogen) atoms. The molecular formula is C21H25BrN2O6S. The zero-order valence-corrected chi connectivity index (χ0v) is 19.6. The smallest absolute Gasteiger partial charge is 0.262 e. The van der Waals surface area contributed by atoms with E-state index in [0.717, 1.165) is 14.3 Å². The van der Waals surface area contributed by atoms with E-state index in [9.17, 15) is 18.3 Å². The van der Waals surface area contributed by atoms with Gasteiger partial charge in [-0.25, -0.2) is 13.9 Å². The van der Waals surface area contributed by atoms with Crippen molar-refractivity contribution in [2.45, 2.75) is 43.9 Å². The summed E-state index contributed by atoms with van der Waals surface area (Å²) in [5.74, 6) is -0.354. The van der Waals surface area contributed by atoms with Crippen LogP contribution in [0.4, 0.5) is 0 Å². The van der Waals surface area contributed by atoms with E-state index in [0.29, 0.717) is 12.4 Å². The molecule has 3 rings (SSSR count). The van der Waals surface area contributed by atoms with Crippen LogP contribution in [0, 0.1) is 5.41 Å². The normalized spacial score (nSPS) is 21.5. The number of amides is 1. The lowest BCUT2D eigenvalue weighted by Gasteiger charge is -2.45. The van der Waals surface area contributed by atoms with Crippen LogP contribution in [-0.4, -0.2) is 47.6 Å². The van der Waals surface area contributed by atoms with E-state index < -0.39 is 33.5 Å². The standard InChI is InChI=1S/C21H25BrN2O6S/c1-21(2)11-15(25)12-24(19(21)20(26)23-27)31(28,29)17-9-7-16(8-10-17)30-13-14-5-3-4-6-18(14)22/h3-10,15,19,25,27H,11-13H2,1-2H3,(H,23,26). The third-order valence-corrected chi connectivity index (χ3v) is 7.94. The molecule has 1 amide bonds. The van der Waals surface area contributed by atoms with Crippen molar-refractivity contribution in [1.82, 2.24) is 9.79 Å². The number of aliphatic hydroxyl groups excluding tert-OH is 1. The Kier molecular flexibility index (Phi) is 7.07. The maximum Gasteiger partial charge on any atom is 0.262 e. The van der Waals surface area contributed by atoms with Crippen molar-refractivity contribution in [3.63, 3.8) is 0 Å². The summed E-state index contributed by atoms with van der Waals surface area (Å²) in [5.41, 5.74) is 1.61. The lowest BCUT2D eigenvalue weighted by Crippen LogP contribution is -2.62. The molecule has 2 aromatic carbocycles. The predicted octanol–water partition coefficient (Wildman–Crippen LogP) is 2.68. The van der Waals surface area contributed by atoms with Gasteiger partial charge in [-0.15, -0.1) is 0 Å². The Morgan fingerprint density at radius 1 is 1.23 bits per heavy atom. The minimum atomic E-state index is -4.12. The largest absolute Gasteiger partial charge is 0.489 e. The molecule has 10 heteroatoms. The van der Waals surface area contributed by atoms with Crippen LogP contribution < -0.4 is 10.2 Å². The Balaban J connectivity index is 1.83. The van der Waals surface area contributed by atoms with Gasteiger partial charge in [0.15, 0.2) is 0 Å². The number of hydroxylamine groups is 1. The number of sulfonamides is 1. The molecule has 8 nitrogen and oxygen atoms in total. The molecule has 1 saturated heterocycles. The minimum absolute atomic E-state index is 0.0404. The second-order valence-corrected chi connectivity index (χ2v) is 10.9. The lowest BCUT2D eigenvalue weighted by atomic mass is 9.76. The van der Waals surface area contributed by atoms with E-state index in [1.165, 1.54) is 24.3 Å². The average Bonchev–Trinajstić information content (AvgIpc) is 2.71. The summed E-state index contributed by atoms with van der Waals surface area (Å²) in [5, 5.41) is 19.4. The highest BCUT2D eigenvalue weighted by atomic mass is 79.9. The first-order valence-electron chi connectivity index (χ1n) is 9.66. The molecule has 0 bridgehead atoms. The molecule has 1 fully saturated rings. The summed E-state index contributed by atoms with van der Waals surface area (Å²) in [6.07, 6.45) is -0.710. The zero-order chi connectivity index (χ0) is 22.8. The van der Waals surface area contributed by atoms with Crippen molar-refractivity contribution in [2.75, 3.05) is 6.54 Å². The summed E-state index contributed by atoms with van der Waals surface area (Å²) in [6.45, 7) is 3.41. The Labute approximate surface area is 190 Å². The molecule has 1 aliphatic rings. The number of aliphatic hydroxyl groups is 1. The molecule has 0 radical (unpaired) electrons. The highest BCUT2D eigenvalue weighted by Gasteiger charge is 2.50. The number of β-amino-alcohol motifs (C(OH)–C–C–N with tert-alkyl or cyclic N) is 1. The monoisotopic (exact) mass is 512 g/mol. The molecule has 0 aliphatic carbocycles. The highest BCUT2D eigenvalue weighted by Crippen LogP contribution is 2.38. The quantitative estimate of drug-likeness (QED) is 0.404. The van der Waals surface area contributed by atoms with Gasteiger partial charge in [0.1, 0.15) is 18.4 Å². The summed E-state index contributed by atoms with van der Waals surface area (Å²) in [6, 6.07) is 12.3. The van der Waals surface area contributed by atoms with Crippen LogP contribution in [0.2, 0.25) is 0 Å². The van der Waals surface area contributed by atoms with Crippen molar-refractivity contribution in [1.29, 1.82) is 0 Å². The van der Waals surface area contributed by atoms with Crippen LogP contribution in [0.3, 0.4) is 0 Å². The number of carbonyl (C=O) groups excluding carboxylic acids is 1. The number of benzene rings is 2. The van der Waals surface area contributed by atoms with Crippen molar-refractivity contribution in [3.8, 4) is 5.75 Å². The Morgan fingerprint density at radius 3 is 2.48 bits per heavy atom. The second-order valence-electron chi connectivity index (χ2n) is 8.15. The average molecular weight is 513 g/mol. The molecule has 0 aromatic heterocycles. The third-order valence-electron chi connectivity index (χ3n) is 5.32. The van der Waals surface area contributed by atoms with Gasteiger partial charge >= 0.3 is 0 Å². The summed E-state index contributed by atoms with van der Waals surface area (Å²) >= 11 is 3.45. The molecule has 3 N–H and O–H groups in total. The van der Waals surface area contributed by atoms with Gasteiger partial charge in [0.25, 0.3) is 5.91 Å². The number of rotatable bonds is 6. The van der Waals surface area contributed by atoms with Gasteiger partial charge in [-0.05, 0) is 42.2 Å². The van der Waals surface area contributed by atoms with E-state index in [1.807, 2.05) is 24.3 Å². The Bertz CT molecular complexity index is 1040. The van der Waals surface area contributed by atoms with Crippen LogP contribution in [0.25, 0.3) is 0 Å². The lowest BCUT2D eigenvalue weighted by molar-refractivity contribution is -0.140. The first-order valence-corrected chi connectivity index (χ1v) is 11.9. The first-order chi connectivity index (χ1) is 14.6. The number of ether oxygens (including phenoxy) is 1. The maximum atomic E-state index is 13.3. The Hall–Kier alpha value is -1.98. The van der Waals surface area contributed by atoms with Crippen molar-refractivity contribution < 1.29 is 28.3 Å². The zero-order valence-electron chi connectivity index (χ0n) is 17.2. The number of carbonyl (C=O) groups is 1. The molecule has 2 unspecified atom stereocenters. The van der Waals surface area contributed by atoms with Crippen molar-refractivity contribution in [3.05, 3.63) is 58.6 Å². The molecule has 0 saturated carbocycles. The van der Waals surface area contributed by atoms with Gasteiger partial charge in [-0.1, -0.05) is 48.0 Å². The van der Waals surface area contributed by atoms with Crippen LogP contribution >= 0.6 is 15.9 Å². The van der Waals surface area contributed by atoms with Gasteiger partial charge in [0.2, 0.25) is 10.0 Å². The maximum absolute atomic E-state index is 13.3. The van der Waals surface area contributed by atoms with E-state index in [-0.39, 0.29) is 17.9 Å².